The van der Waals surface area contributed by atoms with E-state index in [-0.39, 0.29) is 5.54 Å². The van der Waals surface area contributed by atoms with Crippen LogP contribution in [0.3, 0.4) is 0 Å². The van der Waals surface area contributed by atoms with Crippen molar-refractivity contribution in [2.24, 2.45) is 0 Å². The van der Waals surface area contributed by atoms with E-state index >= 15 is 0 Å². The Hall–Kier alpha value is -1.06. The van der Waals surface area contributed by atoms with Gasteiger partial charge in [0, 0.05) is 19.2 Å². The van der Waals surface area contributed by atoms with Crippen molar-refractivity contribution in [1.29, 1.82) is 0 Å². The minimum atomic E-state index is 0.134. The summed E-state index contributed by atoms with van der Waals surface area (Å²) in [6.07, 6.45) is 0. The maximum Gasteiger partial charge on any atom is 0.125 e. The van der Waals surface area contributed by atoms with Crippen molar-refractivity contribution in [3.05, 3.63) is 28.8 Å². The van der Waals surface area contributed by atoms with Gasteiger partial charge in [-0.05, 0) is 51.3 Å². The molecule has 0 spiro atoms. The molecule has 3 heteroatoms. The normalized spacial score (nSPS) is 11.7. The Balaban J connectivity index is 2.73. The number of ether oxygens (including phenoxy) is 2. The first-order chi connectivity index (χ1) is 8.83. The summed E-state index contributed by atoms with van der Waals surface area (Å²) < 4.78 is 10.8. The molecule has 108 valence electrons. The van der Waals surface area contributed by atoms with E-state index in [0.29, 0.717) is 13.2 Å². The minimum absolute atomic E-state index is 0.134. The number of methoxy groups -OCH3 is 1. The second kappa shape index (κ2) is 6.92. The summed E-state index contributed by atoms with van der Waals surface area (Å²) in [5, 5.41) is 3.50. The van der Waals surface area contributed by atoms with Gasteiger partial charge in [-0.2, -0.15) is 0 Å². The van der Waals surface area contributed by atoms with Crippen LogP contribution in [0.1, 0.15) is 37.5 Å². The first kappa shape index (κ1) is 16.0. The fourth-order valence-corrected chi connectivity index (χ4v) is 1.96. The van der Waals surface area contributed by atoms with Gasteiger partial charge in [0.25, 0.3) is 0 Å². The molecule has 1 aromatic rings. The molecule has 0 saturated heterocycles. The van der Waals surface area contributed by atoms with Crippen molar-refractivity contribution in [2.75, 3.05) is 20.3 Å². The van der Waals surface area contributed by atoms with Crippen LogP contribution in [0.15, 0.2) is 12.1 Å². The summed E-state index contributed by atoms with van der Waals surface area (Å²) in [5.74, 6) is 0.983. The molecule has 0 amide bonds. The van der Waals surface area contributed by atoms with E-state index < -0.39 is 0 Å². The molecule has 0 unspecified atom stereocenters. The third kappa shape index (κ3) is 5.62. The number of hydrogen-bond donors (Lipinski definition) is 1. The second-order valence-corrected chi connectivity index (χ2v) is 6.00. The maximum atomic E-state index is 5.76. The van der Waals surface area contributed by atoms with Crippen LogP contribution in [0, 0.1) is 13.8 Å². The predicted molar refractivity (Wildman–Crippen MR) is 79.9 cm³/mol. The van der Waals surface area contributed by atoms with Crippen molar-refractivity contribution in [3.63, 3.8) is 0 Å². The monoisotopic (exact) mass is 265 g/mol. The number of rotatable bonds is 6. The number of hydrogen-bond acceptors (Lipinski definition) is 3. The van der Waals surface area contributed by atoms with Crippen LogP contribution in [0.25, 0.3) is 0 Å². The topological polar surface area (TPSA) is 30.5 Å². The smallest absolute Gasteiger partial charge is 0.125 e. The minimum Gasteiger partial charge on any atom is -0.491 e. The highest BCUT2D eigenvalue weighted by atomic mass is 16.5. The molecule has 3 nitrogen and oxygen atoms in total. The highest BCUT2D eigenvalue weighted by molar-refractivity contribution is 5.43. The maximum absolute atomic E-state index is 5.76. The van der Waals surface area contributed by atoms with Gasteiger partial charge in [0.2, 0.25) is 0 Å². The van der Waals surface area contributed by atoms with Crippen LogP contribution in [-0.4, -0.2) is 25.9 Å². The van der Waals surface area contributed by atoms with Crippen LogP contribution in [0.5, 0.6) is 5.75 Å². The third-order valence-electron chi connectivity index (χ3n) is 2.88. The lowest BCUT2D eigenvalue weighted by Crippen LogP contribution is -2.35. The summed E-state index contributed by atoms with van der Waals surface area (Å²) in [6, 6.07) is 4.38. The number of aryl methyl sites for hydroxylation is 2. The Kier molecular flexibility index (Phi) is 5.83. The molecule has 0 bridgehead atoms. The van der Waals surface area contributed by atoms with Crippen LogP contribution in [0.2, 0.25) is 0 Å². The van der Waals surface area contributed by atoms with Crippen LogP contribution in [-0.2, 0) is 11.3 Å². The Bertz CT molecular complexity index is 385. The Labute approximate surface area is 117 Å². The van der Waals surface area contributed by atoms with E-state index in [0.717, 1.165) is 12.3 Å². The van der Waals surface area contributed by atoms with Gasteiger partial charge in [-0.15, -0.1) is 0 Å². The second-order valence-electron chi connectivity index (χ2n) is 6.00. The Morgan fingerprint density at radius 3 is 2.11 bits per heavy atom. The summed E-state index contributed by atoms with van der Waals surface area (Å²) in [4.78, 5) is 0. The molecule has 1 rings (SSSR count). The zero-order valence-corrected chi connectivity index (χ0v) is 13.1. The largest absolute Gasteiger partial charge is 0.491 e. The lowest BCUT2D eigenvalue weighted by Gasteiger charge is -2.21. The van der Waals surface area contributed by atoms with Crippen molar-refractivity contribution in [1.82, 2.24) is 5.32 Å². The van der Waals surface area contributed by atoms with Crippen molar-refractivity contribution in [2.45, 2.75) is 46.7 Å². The van der Waals surface area contributed by atoms with Gasteiger partial charge < -0.3 is 14.8 Å². The SMILES string of the molecule is COCCOc1c(C)cc(CNC(C)(C)C)cc1C. The molecule has 0 atom stereocenters. The number of nitrogens with one attached hydrogen (secondary N) is 1. The van der Waals surface area contributed by atoms with Crippen molar-refractivity contribution < 1.29 is 9.47 Å². The molecule has 0 heterocycles. The summed E-state index contributed by atoms with van der Waals surface area (Å²) >= 11 is 0. The molecule has 1 N–H and O–H groups in total. The quantitative estimate of drug-likeness (QED) is 0.801. The Morgan fingerprint density at radius 2 is 1.63 bits per heavy atom. The van der Waals surface area contributed by atoms with Gasteiger partial charge in [-0.3, -0.25) is 0 Å². The molecule has 0 saturated carbocycles. The van der Waals surface area contributed by atoms with E-state index in [1.54, 1.807) is 7.11 Å². The Morgan fingerprint density at radius 1 is 1.05 bits per heavy atom. The molecule has 0 aliphatic carbocycles. The molecule has 0 radical (unpaired) electrons. The first-order valence-corrected chi connectivity index (χ1v) is 6.80. The molecule has 0 fully saturated rings. The van der Waals surface area contributed by atoms with Crippen LogP contribution >= 0.6 is 0 Å². The summed E-state index contributed by atoms with van der Waals surface area (Å²) in [6.45, 7) is 12.8. The van der Waals surface area contributed by atoms with Gasteiger partial charge in [0.1, 0.15) is 12.4 Å². The van der Waals surface area contributed by atoms with E-state index in [1.807, 2.05) is 0 Å². The van der Waals surface area contributed by atoms with E-state index in [2.05, 4.69) is 52.1 Å². The molecule has 0 aromatic heterocycles. The molecular formula is C16H27NO2. The lowest BCUT2D eigenvalue weighted by molar-refractivity contribution is 0.145. The van der Waals surface area contributed by atoms with Crippen LogP contribution < -0.4 is 10.1 Å². The van der Waals surface area contributed by atoms with Gasteiger partial charge in [0.15, 0.2) is 0 Å². The van der Waals surface area contributed by atoms with E-state index in [4.69, 9.17) is 9.47 Å². The first-order valence-electron chi connectivity index (χ1n) is 6.80. The van der Waals surface area contributed by atoms with Gasteiger partial charge in [0.05, 0.1) is 6.61 Å². The molecule has 0 aliphatic heterocycles. The highest BCUT2D eigenvalue weighted by Gasteiger charge is 2.10. The molecule has 0 aliphatic rings. The van der Waals surface area contributed by atoms with Crippen LogP contribution in [0.4, 0.5) is 0 Å². The van der Waals surface area contributed by atoms with Gasteiger partial charge in [-0.25, -0.2) is 0 Å². The zero-order valence-electron chi connectivity index (χ0n) is 13.1. The fraction of sp³-hybridized carbons (Fsp3) is 0.625. The predicted octanol–water partition coefficient (Wildman–Crippen LogP) is 3.22. The summed E-state index contributed by atoms with van der Waals surface area (Å²) in [5.41, 5.74) is 3.79. The zero-order chi connectivity index (χ0) is 14.5. The fourth-order valence-electron chi connectivity index (χ4n) is 1.96. The van der Waals surface area contributed by atoms with Crippen molar-refractivity contribution in [3.8, 4) is 5.75 Å². The number of benzene rings is 1. The molecule has 1 aromatic carbocycles. The van der Waals surface area contributed by atoms with Gasteiger partial charge >= 0.3 is 0 Å². The van der Waals surface area contributed by atoms with E-state index in [1.165, 1.54) is 16.7 Å². The standard InChI is InChI=1S/C16H27NO2/c1-12-9-14(11-17-16(3,4)5)10-13(2)15(12)19-8-7-18-6/h9-10,17H,7-8,11H2,1-6H3. The lowest BCUT2D eigenvalue weighted by atomic mass is 10.0. The van der Waals surface area contributed by atoms with Gasteiger partial charge in [-0.1, -0.05) is 12.1 Å². The average molecular weight is 265 g/mol. The average Bonchev–Trinajstić information content (AvgIpc) is 2.29. The molecular weight excluding hydrogens is 238 g/mol. The molecule has 19 heavy (non-hydrogen) atoms. The summed E-state index contributed by atoms with van der Waals surface area (Å²) in [7, 11) is 1.68. The van der Waals surface area contributed by atoms with Crippen molar-refractivity contribution >= 4 is 0 Å². The third-order valence-corrected chi connectivity index (χ3v) is 2.88. The highest BCUT2D eigenvalue weighted by Crippen LogP contribution is 2.25. The van der Waals surface area contributed by atoms with E-state index in [9.17, 15) is 0 Å².